The zero-order chi connectivity index (χ0) is 17.1. The Morgan fingerprint density at radius 1 is 1.12 bits per heavy atom. The highest BCUT2D eigenvalue weighted by atomic mass is 16.5. The molecule has 128 valence electrons. The Hall–Kier alpha value is -2.30. The minimum atomic E-state index is 0.110. The standard InChI is InChI=1S/C19H25N3O2/c1-14-12-17(16(3)22(14)18-13-15(2)24-20-18)8-9-19(23)21-10-6-4-5-7-11-21/h8-9,12-13H,4-7,10-11H2,1-3H3. The van der Waals surface area contributed by atoms with Crippen LogP contribution in [0.15, 0.2) is 22.7 Å². The second-order valence-electron chi connectivity index (χ2n) is 6.53. The number of amides is 1. The molecular weight excluding hydrogens is 302 g/mol. The van der Waals surface area contributed by atoms with Crippen molar-refractivity contribution in [1.29, 1.82) is 0 Å². The first-order valence-electron chi connectivity index (χ1n) is 8.66. The Bertz CT molecular complexity index is 747. The number of aromatic nitrogens is 2. The van der Waals surface area contributed by atoms with E-state index < -0.39 is 0 Å². The normalized spacial score (nSPS) is 15.9. The monoisotopic (exact) mass is 327 g/mol. The molecule has 5 nitrogen and oxygen atoms in total. The number of carbonyl (C=O) groups excluding carboxylic acids is 1. The van der Waals surface area contributed by atoms with Crippen LogP contribution < -0.4 is 0 Å². The van der Waals surface area contributed by atoms with Gasteiger partial charge in [0.25, 0.3) is 0 Å². The molecule has 24 heavy (non-hydrogen) atoms. The van der Waals surface area contributed by atoms with Crippen LogP contribution in [0.5, 0.6) is 0 Å². The molecule has 5 heteroatoms. The van der Waals surface area contributed by atoms with Gasteiger partial charge >= 0.3 is 0 Å². The third-order valence-corrected chi connectivity index (χ3v) is 4.64. The summed E-state index contributed by atoms with van der Waals surface area (Å²) in [6, 6.07) is 3.99. The lowest BCUT2D eigenvalue weighted by Crippen LogP contribution is -2.30. The first kappa shape index (κ1) is 16.6. The predicted octanol–water partition coefficient (Wildman–Crippen LogP) is 3.81. The van der Waals surface area contributed by atoms with E-state index in [-0.39, 0.29) is 5.91 Å². The molecule has 1 amide bonds. The van der Waals surface area contributed by atoms with Crippen LogP contribution in [0.3, 0.4) is 0 Å². The summed E-state index contributed by atoms with van der Waals surface area (Å²) in [5.41, 5.74) is 3.17. The van der Waals surface area contributed by atoms with E-state index in [1.54, 1.807) is 6.08 Å². The average Bonchev–Trinajstić information content (AvgIpc) is 2.96. The lowest BCUT2D eigenvalue weighted by Gasteiger charge is -2.17. The fraction of sp³-hybridized carbons (Fsp3) is 0.474. The predicted molar refractivity (Wildman–Crippen MR) is 94.1 cm³/mol. The SMILES string of the molecule is Cc1cc(-n2c(C)cc(C=CC(=O)N3CCCCCC3)c2C)no1. The summed E-state index contributed by atoms with van der Waals surface area (Å²) in [5, 5.41) is 4.09. The van der Waals surface area contributed by atoms with Gasteiger partial charge in [0.2, 0.25) is 5.91 Å². The molecule has 0 saturated carbocycles. The van der Waals surface area contributed by atoms with E-state index in [1.165, 1.54) is 12.8 Å². The maximum atomic E-state index is 12.4. The second kappa shape index (κ2) is 7.07. The number of hydrogen-bond donors (Lipinski definition) is 0. The Labute approximate surface area is 142 Å². The maximum absolute atomic E-state index is 12.4. The van der Waals surface area contributed by atoms with Crippen LogP contribution in [0, 0.1) is 20.8 Å². The van der Waals surface area contributed by atoms with Crippen molar-refractivity contribution in [3.05, 3.63) is 40.9 Å². The number of rotatable bonds is 3. The molecule has 2 aromatic rings. The van der Waals surface area contributed by atoms with Crippen molar-refractivity contribution in [2.45, 2.75) is 46.5 Å². The molecule has 3 rings (SSSR count). The van der Waals surface area contributed by atoms with Crippen molar-refractivity contribution in [3.63, 3.8) is 0 Å². The summed E-state index contributed by atoms with van der Waals surface area (Å²) >= 11 is 0. The van der Waals surface area contributed by atoms with Gasteiger partial charge in [-0.05, 0) is 51.3 Å². The fourth-order valence-corrected chi connectivity index (χ4v) is 3.33. The van der Waals surface area contributed by atoms with Crippen LogP contribution in [-0.2, 0) is 4.79 Å². The van der Waals surface area contributed by atoms with E-state index in [9.17, 15) is 4.79 Å². The number of hydrogen-bond acceptors (Lipinski definition) is 3. The van der Waals surface area contributed by atoms with Gasteiger partial charge in [0.05, 0.1) is 0 Å². The van der Waals surface area contributed by atoms with E-state index in [1.807, 2.05) is 42.4 Å². The van der Waals surface area contributed by atoms with E-state index in [0.29, 0.717) is 0 Å². The van der Waals surface area contributed by atoms with Crippen LogP contribution in [0.4, 0.5) is 0 Å². The summed E-state index contributed by atoms with van der Waals surface area (Å²) in [4.78, 5) is 14.4. The Morgan fingerprint density at radius 2 is 1.83 bits per heavy atom. The molecule has 0 atom stereocenters. The third-order valence-electron chi connectivity index (χ3n) is 4.64. The van der Waals surface area contributed by atoms with E-state index in [2.05, 4.69) is 11.2 Å². The van der Waals surface area contributed by atoms with E-state index in [0.717, 1.165) is 54.5 Å². The van der Waals surface area contributed by atoms with Gasteiger partial charge in [-0.15, -0.1) is 0 Å². The van der Waals surface area contributed by atoms with Crippen LogP contribution >= 0.6 is 0 Å². The zero-order valence-corrected chi connectivity index (χ0v) is 14.7. The Kier molecular flexibility index (Phi) is 4.88. The smallest absolute Gasteiger partial charge is 0.246 e. The minimum Gasteiger partial charge on any atom is -0.360 e. The van der Waals surface area contributed by atoms with Crippen LogP contribution in [0.2, 0.25) is 0 Å². The summed E-state index contributed by atoms with van der Waals surface area (Å²) in [5.74, 6) is 1.67. The first-order chi connectivity index (χ1) is 11.6. The maximum Gasteiger partial charge on any atom is 0.246 e. The molecule has 1 aliphatic heterocycles. The van der Waals surface area contributed by atoms with Gasteiger partial charge in [-0.2, -0.15) is 0 Å². The Morgan fingerprint density at radius 3 is 2.46 bits per heavy atom. The summed E-state index contributed by atoms with van der Waals surface area (Å²) in [6.07, 6.45) is 8.29. The Balaban J connectivity index is 1.79. The largest absolute Gasteiger partial charge is 0.360 e. The van der Waals surface area contributed by atoms with Crippen LogP contribution in [-0.4, -0.2) is 33.6 Å². The molecule has 3 heterocycles. The fourth-order valence-electron chi connectivity index (χ4n) is 3.33. The van der Waals surface area contributed by atoms with Gasteiger partial charge in [-0.25, -0.2) is 0 Å². The molecule has 1 saturated heterocycles. The molecule has 0 radical (unpaired) electrons. The lowest BCUT2D eigenvalue weighted by atomic mass is 10.2. The highest BCUT2D eigenvalue weighted by Gasteiger charge is 2.15. The van der Waals surface area contributed by atoms with Gasteiger partial charge in [0.15, 0.2) is 5.82 Å². The van der Waals surface area contributed by atoms with Gasteiger partial charge in [-0.3, -0.25) is 9.36 Å². The number of likely N-dealkylation sites (tertiary alicyclic amines) is 1. The highest BCUT2D eigenvalue weighted by molar-refractivity contribution is 5.92. The van der Waals surface area contributed by atoms with Gasteiger partial charge < -0.3 is 9.42 Å². The van der Waals surface area contributed by atoms with E-state index >= 15 is 0 Å². The van der Waals surface area contributed by atoms with Crippen LogP contribution in [0.1, 0.15) is 48.4 Å². The van der Waals surface area contributed by atoms with Gasteiger partial charge in [0.1, 0.15) is 5.76 Å². The van der Waals surface area contributed by atoms with Crippen molar-refractivity contribution >= 4 is 12.0 Å². The van der Waals surface area contributed by atoms with Crippen molar-refractivity contribution in [3.8, 4) is 5.82 Å². The number of nitrogens with zero attached hydrogens (tertiary/aromatic N) is 3. The summed E-state index contributed by atoms with van der Waals surface area (Å²) in [6.45, 7) is 7.70. The van der Waals surface area contributed by atoms with Crippen molar-refractivity contribution in [1.82, 2.24) is 14.6 Å². The van der Waals surface area contributed by atoms with Gasteiger partial charge in [0, 0.05) is 36.6 Å². The molecule has 0 aliphatic carbocycles. The molecule has 0 N–H and O–H groups in total. The molecule has 1 fully saturated rings. The van der Waals surface area contributed by atoms with Gasteiger partial charge in [-0.1, -0.05) is 18.0 Å². The molecule has 0 bridgehead atoms. The quantitative estimate of drug-likeness (QED) is 0.806. The molecule has 2 aromatic heterocycles. The minimum absolute atomic E-state index is 0.110. The summed E-state index contributed by atoms with van der Waals surface area (Å²) in [7, 11) is 0. The number of carbonyl (C=O) groups is 1. The average molecular weight is 327 g/mol. The highest BCUT2D eigenvalue weighted by Crippen LogP contribution is 2.22. The first-order valence-corrected chi connectivity index (χ1v) is 8.66. The zero-order valence-electron chi connectivity index (χ0n) is 14.7. The van der Waals surface area contributed by atoms with Crippen molar-refractivity contribution in [2.75, 3.05) is 13.1 Å². The van der Waals surface area contributed by atoms with Crippen LogP contribution in [0.25, 0.3) is 11.9 Å². The molecule has 0 spiro atoms. The molecular formula is C19H25N3O2. The lowest BCUT2D eigenvalue weighted by molar-refractivity contribution is -0.125. The topological polar surface area (TPSA) is 51.3 Å². The molecule has 1 aliphatic rings. The number of aryl methyl sites for hydroxylation is 2. The van der Waals surface area contributed by atoms with Crippen molar-refractivity contribution in [2.24, 2.45) is 0 Å². The van der Waals surface area contributed by atoms with Crippen molar-refractivity contribution < 1.29 is 9.32 Å². The third kappa shape index (κ3) is 3.45. The molecule has 0 aromatic carbocycles. The van der Waals surface area contributed by atoms with E-state index in [4.69, 9.17) is 4.52 Å². The second-order valence-corrected chi connectivity index (χ2v) is 6.53. The molecule has 0 unspecified atom stereocenters. The summed E-state index contributed by atoms with van der Waals surface area (Å²) < 4.78 is 7.23.